The van der Waals surface area contributed by atoms with Gasteiger partial charge in [-0.1, -0.05) is 11.6 Å². The van der Waals surface area contributed by atoms with Crippen LogP contribution >= 0.6 is 11.6 Å². The lowest BCUT2D eigenvalue weighted by Gasteiger charge is -2.29. The first-order chi connectivity index (χ1) is 12.2. The van der Waals surface area contributed by atoms with E-state index in [1.807, 2.05) is 29.2 Å². The molecule has 2 aromatic rings. The van der Waals surface area contributed by atoms with Crippen LogP contribution in [0.3, 0.4) is 0 Å². The molecule has 0 aliphatic carbocycles. The molecule has 6 nitrogen and oxygen atoms in total. The minimum atomic E-state index is 0.119. The van der Waals surface area contributed by atoms with Crippen LogP contribution in [-0.4, -0.2) is 53.1 Å². The molecule has 0 spiro atoms. The number of carbonyl (C=O) groups excluding carboxylic acids is 1. The number of halogens is 1. The van der Waals surface area contributed by atoms with Gasteiger partial charge in [0.15, 0.2) is 0 Å². The zero-order chi connectivity index (χ0) is 17.2. The largest absolute Gasteiger partial charge is 0.378 e. The monoisotopic (exact) mass is 360 g/mol. The van der Waals surface area contributed by atoms with Gasteiger partial charge in [-0.25, -0.2) is 4.98 Å². The predicted molar refractivity (Wildman–Crippen MR) is 95.4 cm³/mol. The van der Waals surface area contributed by atoms with Gasteiger partial charge in [-0.2, -0.15) is 0 Å². The van der Waals surface area contributed by atoms with E-state index in [2.05, 4.69) is 10.3 Å². The summed E-state index contributed by atoms with van der Waals surface area (Å²) in [6, 6.07) is 7.73. The number of aromatic amines is 1. The van der Waals surface area contributed by atoms with Crippen molar-refractivity contribution in [3.63, 3.8) is 0 Å². The average Bonchev–Trinajstić information content (AvgIpc) is 3.06. The van der Waals surface area contributed by atoms with E-state index in [-0.39, 0.29) is 11.9 Å². The Hall–Kier alpha value is -1.89. The fraction of sp³-hybridized carbons (Fsp3) is 0.444. The second kappa shape index (κ2) is 7.15. The van der Waals surface area contributed by atoms with Crippen molar-refractivity contribution in [1.29, 1.82) is 0 Å². The fourth-order valence-corrected chi connectivity index (χ4v) is 3.47. The van der Waals surface area contributed by atoms with Gasteiger partial charge in [0.1, 0.15) is 5.82 Å². The summed E-state index contributed by atoms with van der Waals surface area (Å²) in [5.74, 6) is 0.995. The number of benzene rings is 1. The van der Waals surface area contributed by atoms with E-state index in [9.17, 15) is 4.79 Å². The van der Waals surface area contributed by atoms with Crippen LogP contribution in [0.1, 0.15) is 17.8 Å². The van der Waals surface area contributed by atoms with Crippen molar-refractivity contribution in [3.8, 4) is 11.4 Å². The maximum absolute atomic E-state index is 12.6. The lowest BCUT2D eigenvalue weighted by Crippen LogP contribution is -2.46. The van der Waals surface area contributed by atoms with Crippen LogP contribution in [0.4, 0.5) is 0 Å². The molecule has 1 aromatic heterocycles. The number of hydrogen-bond acceptors (Lipinski definition) is 4. The van der Waals surface area contributed by atoms with Gasteiger partial charge in [0, 0.05) is 42.6 Å². The maximum Gasteiger partial charge on any atom is 0.224 e. The Bertz CT molecular complexity index is 753. The molecule has 1 aromatic carbocycles. The Balaban J connectivity index is 1.44. The Labute approximate surface area is 151 Å². The summed E-state index contributed by atoms with van der Waals surface area (Å²) in [6.07, 6.45) is 1.26. The number of H-pyrrole nitrogens is 1. The number of amides is 1. The lowest BCUT2D eigenvalue weighted by molar-refractivity contribution is -0.133. The van der Waals surface area contributed by atoms with Gasteiger partial charge in [-0.05, 0) is 24.3 Å². The molecule has 1 saturated heterocycles. The number of hydrogen-bond donors (Lipinski definition) is 2. The third-order valence-corrected chi connectivity index (χ3v) is 4.97. The maximum atomic E-state index is 12.6. The van der Waals surface area contributed by atoms with E-state index < -0.39 is 0 Å². The summed E-state index contributed by atoms with van der Waals surface area (Å²) in [5, 5.41) is 4.04. The molecule has 2 aliphatic rings. The molecular formula is C18H21ClN4O2. The van der Waals surface area contributed by atoms with Crippen LogP contribution in [0.2, 0.25) is 5.02 Å². The first-order valence-corrected chi connectivity index (χ1v) is 8.99. The smallest absolute Gasteiger partial charge is 0.224 e. The van der Waals surface area contributed by atoms with Gasteiger partial charge in [0.25, 0.3) is 0 Å². The van der Waals surface area contributed by atoms with Crippen LogP contribution in [0.25, 0.3) is 11.4 Å². The molecule has 0 radical (unpaired) electrons. The number of fused-ring (bicyclic) bond motifs is 1. The molecule has 2 N–H and O–H groups in total. The summed E-state index contributed by atoms with van der Waals surface area (Å²) < 4.78 is 5.43. The molecule has 1 atom stereocenters. The number of carbonyl (C=O) groups is 1. The Morgan fingerprint density at radius 2 is 2.20 bits per heavy atom. The predicted octanol–water partition coefficient (Wildman–Crippen LogP) is 1.99. The standard InChI is InChI=1S/C18H21ClN4O2/c19-13-3-1-12(2-4-13)18-21-15-5-7-23(10-16(15)22-18)17(24)9-14-11-25-8-6-20-14/h1-4,14,20H,5-11H2,(H,21,22)/t14-/m1/s1. The first-order valence-electron chi connectivity index (χ1n) is 8.61. The van der Waals surface area contributed by atoms with Crippen LogP contribution in [0, 0.1) is 0 Å². The highest BCUT2D eigenvalue weighted by Crippen LogP contribution is 2.24. The summed E-state index contributed by atoms with van der Waals surface area (Å²) in [5.41, 5.74) is 3.07. The number of rotatable bonds is 3. The summed E-state index contributed by atoms with van der Waals surface area (Å²) in [6.45, 7) is 3.44. The second-order valence-corrected chi connectivity index (χ2v) is 6.95. The second-order valence-electron chi connectivity index (χ2n) is 6.51. The van der Waals surface area contributed by atoms with E-state index in [0.717, 1.165) is 42.3 Å². The normalized spacial score (nSPS) is 20.4. The number of morpholine rings is 1. The van der Waals surface area contributed by atoms with Crippen LogP contribution in [0.5, 0.6) is 0 Å². The van der Waals surface area contributed by atoms with Gasteiger partial charge in [-0.3, -0.25) is 4.79 Å². The summed E-state index contributed by atoms with van der Waals surface area (Å²) >= 11 is 5.95. The summed E-state index contributed by atoms with van der Waals surface area (Å²) in [7, 11) is 0. The molecule has 1 fully saturated rings. The third-order valence-electron chi connectivity index (χ3n) is 4.72. The van der Waals surface area contributed by atoms with Gasteiger partial charge in [0.2, 0.25) is 5.91 Å². The van der Waals surface area contributed by atoms with Crippen LogP contribution in [-0.2, 0) is 22.5 Å². The Kier molecular flexibility index (Phi) is 4.74. The zero-order valence-corrected chi connectivity index (χ0v) is 14.7. The SMILES string of the molecule is O=C(C[C@@H]1COCCN1)N1CCc2nc(-c3ccc(Cl)cc3)[nH]c2C1. The van der Waals surface area contributed by atoms with Crippen molar-refractivity contribution in [3.05, 3.63) is 40.7 Å². The molecule has 1 amide bonds. The Morgan fingerprint density at radius 3 is 2.96 bits per heavy atom. The van der Waals surface area contributed by atoms with E-state index in [4.69, 9.17) is 21.3 Å². The van der Waals surface area contributed by atoms with E-state index in [0.29, 0.717) is 31.1 Å². The quantitative estimate of drug-likeness (QED) is 0.878. The molecule has 7 heteroatoms. The van der Waals surface area contributed by atoms with Crippen LogP contribution in [0.15, 0.2) is 24.3 Å². The molecule has 0 bridgehead atoms. The molecule has 25 heavy (non-hydrogen) atoms. The van der Waals surface area contributed by atoms with Crippen molar-refractivity contribution < 1.29 is 9.53 Å². The van der Waals surface area contributed by atoms with Crippen molar-refractivity contribution in [2.45, 2.75) is 25.4 Å². The van der Waals surface area contributed by atoms with Gasteiger partial charge in [-0.15, -0.1) is 0 Å². The average molecular weight is 361 g/mol. The minimum absolute atomic E-state index is 0.119. The van der Waals surface area contributed by atoms with Gasteiger partial charge in [0.05, 0.1) is 31.1 Å². The van der Waals surface area contributed by atoms with Crippen molar-refractivity contribution in [1.82, 2.24) is 20.2 Å². The lowest BCUT2D eigenvalue weighted by atomic mass is 10.1. The van der Waals surface area contributed by atoms with E-state index in [1.54, 1.807) is 0 Å². The van der Waals surface area contributed by atoms with Crippen molar-refractivity contribution >= 4 is 17.5 Å². The highest BCUT2D eigenvalue weighted by atomic mass is 35.5. The number of imidazole rings is 1. The molecule has 0 unspecified atom stereocenters. The fourth-order valence-electron chi connectivity index (χ4n) is 3.34. The molecule has 132 valence electrons. The highest BCUT2D eigenvalue weighted by Gasteiger charge is 2.26. The number of aromatic nitrogens is 2. The molecule has 4 rings (SSSR count). The molecule has 3 heterocycles. The topological polar surface area (TPSA) is 70.2 Å². The first kappa shape index (κ1) is 16.6. The van der Waals surface area contributed by atoms with Crippen molar-refractivity contribution in [2.75, 3.05) is 26.3 Å². The molecule has 2 aliphatic heterocycles. The van der Waals surface area contributed by atoms with Gasteiger partial charge >= 0.3 is 0 Å². The van der Waals surface area contributed by atoms with Crippen molar-refractivity contribution in [2.24, 2.45) is 0 Å². The molecule has 0 saturated carbocycles. The number of nitrogens with one attached hydrogen (secondary N) is 2. The van der Waals surface area contributed by atoms with Crippen LogP contribution < -0.4 is 5.32 Å². The number of nitrogens with zero attached hydrogens (tertiary/aromatic N) is 2. The van der Waals surface area contributed by atoms with E-state index in [1.165, 1.54) is 0 Å². The molecular weight excluding hydrogens is 340 g/mol. The summed E-state index contributed by atoms with van der Waals surface area (Å²) in [4.78, 5) is 22.5. The van der Waals surface area contributed by atoms with Gasteiger partial charge < -0.3 is 19.9 Å². The highest BCUT2D eigenvalue weighted by molar-refractivity contribution is 6.30. The zero-order valence-electron chi connectivity index (χ0n) is 13.9. The number of ether oxygens (including phenoxy) is 1. The minimum Gasteiger partial charge on any atom is -0.378 e. The Morgan fingerprint density at radius 1 is 1.36 bits per heavy atom. The van der Waals surface area contributed by atoms with E-state index >= 15 is 0 Å². The third kappa shape index (κ3) is 3.71.